The van der Waals surface area contributed by atoms with E-state index in [1.807, 2.05) is 6.08 Å². The topological polar surface area (TPSA) is 60.5 Å². The van der Waals surface area contributed by atoms with Crippen molar-refractivity contribution in [2.24, 2.45) is 11.0 Å². The first-order chi connectivity index (χ1) is 11.6. The number of H-pyrrole nitrogens is 1. The van der Waals surface area contributed by atoms with E-state index in [-0.39, 0.29) is 5.91 Å². The summed E-state index contributed by atoms with van der Waals surface area (Å²) in [6, 6.07) is 0. The number of amides is 1. The predicted molar refractivity (Wildman–Crippen MR) is 95.7 cm³/mol. The van der Waals surface area contributed by atoms with E-state index >= 15 is 0 Å². The molecule has 2 aliphatic heterocycles. The van der Waals surface area contributed by atoms with Gasteiger partial charge in [-0.2, -0.15) is 5.10 Å². The molecule has 0 spiro atoms. The summed E-state index contributed by atoms with van der Waals surface area (Å²) in [6.45, 7) is 7.70. The lowest BCUT2D eigenvalue weighted by Crippen LogP contribution is -2.29. The third-order valence-corrected chi connectivity index (χ3v) is 5.51. The number of aryl methyl sites for hydroxylation is 1. The molecule has 0 atom stereocenters. The summed E-state index contributed by atoms with van der Waals surface area (Å²) in [4.78, 5) is 18.2. The summed E-state index contributed by atoms with van der Waals surface area (Å²) >= 11 is 0. The summed E-state index contributed by atoms with van der Waals surface area (Å²) < 4.78 is 0. The highest BCUT2D eigenvalue weighted by atomic mass is 16.2. The summed E-state index contributed by atoms with van der Waals surface area (Å²) in [5.41, 5.74) is 9.23. The maximum Gasteiger partial charge on any atom is 0.273 e. The van der Waals surface area contributed by atoms with Crippen LogP contribution in [0.15, 0.2) is 10.7 Å². The second-order valence-corrected chi connectivity index (χ2v) is 7.37. The van der Waals surface area contributed by atoms with Crippen LogP contribution in [0.4, 0.5) is 0 Å². The lowest BCUT2D eigenvalue weighted by molar-refractivity contribution is -0.116. The summed E-state index contributed by atoms with van der Waals surface area (Å²) in [7, 11) is 0. The monoisotopic (exact) mass is 326 g/mol. The first-order valence-electron chi connectivity index (χ1n) is 9.14. The second-order valence-electron chi connectivity index (χ2n) is 7.37. The van der Waals surface area contributed by atoms with E-state index in [1.165, 1.54) is 49.2 Å². The molecule has 1 amide bonds. The Hall–Kier alpha value is -1.88. The van der Waals surface area contributed by atoms with E-state index in [4.69, 9.17) is 0 Å². The molecule has 128 valence electrons. The fourth-order valence-corrected chi connectivity index (χ4v) is 3.84. The average Bonchev–Trinajstić information content (AvgIpc) is 3.32. The molecule has 2 N–H and O–H groups in total. The van der Waals surface area contributed by atoms with Crippen LogP contribution in [0.2, 0.25) is 0 Å². The summed E-state index contributed by atoms with van der Waals surface area (Å²) in [5.74, 6) is 0.403. The highest BCUT2D eigenvalue weighted by Gasteiger charge is 2.36. The van der Waals surface area contributed by atoms with Gasteiger partial charge in [-0.05, 0) is 69.8 Å². The van der Waals surface area contributed by atoms with Gasteiger partial charge in [0.1, 0.15) is 0 Å². The normalized spacial score (nSPS) is 23.7. The Labute approximate surface area is 143 Å². The van der Waals surface area contributed by atoms with Crippen LogP contribution in [-0.4, -0.2) is 34.6 Å². The van der Waals surface area contributed by atoms with E-state index in [2.05, 4.69) is 34.3 Å². The van der Waals surface area contributed by atoms with Gasteiger partial charge in [-0.25, -0.2) is 5.43 Å². The minimum atomic E-state index is -0.0684. The highest BCUT2D eigenvalue weighted by Crippen LogP contribution is 2.35. The number of nitrogens with zero attached hydrogens (tertiary/aromatic N) is 2. The van der Waals surface area contributed by atoms with E-state index < -0.39 is 0 Å². The Morgan fingerprint density at radius 1 is 1.21 bits per heavy atom. The molecule has 2 fully saturated rings. The second kappa shape index (κ2) is 6.20. The fraction of sp³-hybridized carbons (Fsp3) is 0.579. The Balaban J connectivity index is 1.59. The standard InChI is InChI=1S/C19H26N4O/c1-12-16(11-23-8-4-3-5-9-23)13(2)20-17(12)10-15-18(14-6-7-14)21-22-19(15)24/h10,14,20H,3-9,11H2,1-2H3,(H,22,24). The Kier molecular flexibility index (Phi) is 4.04. The van der Waals surface area contributed by atoms with Gasteiger partial charge in [0, 0.05) is 23.9 Å². The van der Waals surface area contributed by atoms with Crippen molar-refractivity contribution in [1.29, 1.82) is 0 Å². The molecule has 4 rings (SSSR count). The molecule has 1 saturated heterocycles. The number of carbonyl (C=O) groups is 1. The van der Waals surface area contributed by atoms with Gasteiger partial charge < -0.3 is 4.98 Å². The van der Waals surface area contributed by atoms with Crippen molar-refractivity contribution in [2.45, 2.75) is 52.5 Å². The number of nitrogens with one attached hydrogen (secondary N) is 2. The molecule has 5 heteroatoms. The van der Waals surface area contributed by atoms with Crippen LogP contribution in [0.1, 0.15) is 54.6 Å². The van der Waals surface area contributed by atoms with Gasteiger partial charge in [0.15, 0.2) is 0 Å². The van der Waals surface area contributed by atoms with Crippen molar-refractivity contribution in [3.05, 3.63) is 28.1 Å². The molecule has 1 aliphatic carbocycles. The van der Waals surface area contributed by atoms with E-state index in [0.717, 1.165) is 36.4 Å². The molecular formula is C19H26N4O. The van der Waals surface area contributed by atoms with Crippen LogP contribution in [0.25, 0.3) is 6.08 Å². The zero-order chi connectivity index (χ0) is 16.7. The molecule has 0 unspecified atom stereocenters. The largest absolute Gasteiger partial charge is 0.359 e. The van der Waals surface area contributed by atoms with Crippen molar-refractivity contribution in [1.82, 2.24) is 15.3 Å². The number of hydrogen-bond donors (Lipinski definition) is 2. The number of likely N-dealkylation sites (tertiary alicyclic amines) is 1. The predicted octanol–water partition coefficient (Wildman–Crippen LogP) is 2.90. The first kappa shape index (κ1) is 15.6. The molecule has 3 aliphatic rings. The van der Waals surface area contributed by atoms with Gasteiger partial charge >= 0.3 is 0 Å². The first-order valence-corrected chi connectivity index (χ1v) is 9.14. The number of carbonyl (C=O) groups excluding carboxylic acids is 1. The van der Waals surface area contributed by atoms with E-state index in [0.29, 0.717) is 5.92 Å². The van der Waals surface area contributed by atoms with Crippen LogP contribution in [0.5, 0.6) is 0 Å². The lowest BCUT2D eigenvalue weighted by Gasteiger charge is -2.26. The van der Waals surface area contributed by atoms with Gasteiger partial charge in [0.05, 0.1) is 11.3 Å². The van der Waals surface area contributed by atoms with Gasteiger partial charge in [-0.1, -0.05) is 6.42 Å². The Bertz CT molecular complexity index is 718. The molecule has 0 aromatic carbocycles. The van der Waals surface area contributed by atoms with Gasteiger partial charge in [0.25, 0.3) is 5.91 Å². The molecular weight excluding hydrogens is 300 g/mol. The number of hydrogen-bond acceptors (Lipinski definition) is 3. The maximum atomic E-state index is 12.1. The number of piperidine rings is 1. The molecule has 24 heavy (non-hydrogen) atoms. The van der Waals surface area contributed by atoms with Crippen LogP contribution in [-0.2, 0) is 11.3 Å². The molecule has 1 saturated carbocycles. The molecule has 1 aromatic heterocycles. The van der Waals surface area contributed by atoms with Gasteiger partial charge in [-0.15, -0.1) is 0 Å². The summed E-state index contributed by atoms with van der Waals surface area (Å²) in [5, 5.41) is 4.24. The molecule has 1 aromatic rings. The quantitative estimate of drug-likeness (QED) is 0.836. The third kappa shape index (κ3) is 2.93. The van der Waals surface area contributed by atoms with Gasteiger partial charge in [-0.3, -0.25) is 9.69 Å². The third-order valence-electron chi connectivity index (χ3n) is 5.51. The summed E-state index contributed by atoms with van der Waals surface area (Å²) in [6.07, 6.45) is 8.27. The van der Waals surface area contributed by atoms with Crippen LogP contribution >= 0.6 is 0 Å². The van der Waals surface area contributed by atoms with Crippen molar-refractivity contribution >= 4 is 17.7 Å². The minimum absolute atomic E-state index is 0.0684. The molecule has 0 radical (unpaired) electrons. The van der Waals surface area contributed by atoms with Crippen molar-refractivity contribution < 1.29 is 4.79 Å². The van der Waals surface area contributed by atoms with E-state index in [9.17, 15) is 4.79 Å². The number of hydrazone groups is 1. The van der Waals surface area contributed by atoms with Crippen molar-refractivity contribution in [3.63, 3.8) is 0 Å². The van der Waals surface area contributed by atoms with Crippen LogP contribution < -0.4 is 5.43 Å². The van der Waals surface area contributed by atoms with Gasteiger partial charge in [0.2, 0.25) is 0 Å². The lowest BCUT2D eigenvalue weighted by atomic mass is 10.0. The average molecular weight is 326 g/mol. The van der Waals surface area contributed by atoms with Crippen LogP contribution in [0, 0.1) is 19.8 Å². The zero-order valence-corrected chi connectivity index (χ0v) is 14.6. The fourth-order valence-electron chi connectivity index (χ4n) is 3.84. The van der Waals surface area contributed by atoms with E-state index in [1.54, 1.807) is 0 Å². The minimum Gasteiger partial charge on any atom is -0.359 e. The smallest absolute Gasteiger partial charge is 0.273 e. The number of aromatic nitrogens is 1. The number of rotatable bonds is 4. The zero-order valence-electron chi connectivity index (χ0n) is 14.6. The maximum absolute atomic E-state index is 12.1. The molecule has 0 bridgehead atoms. The Morgan fingerprint density at radius 2 is 1.96 bits per heavy atom. The number of aromatic amines is 1. The molecule has 5 nitrogen and oxygen atoms in total. The van der Waals surface area contributed by atoms with Crippen LogP contribution in [0.3, 0.4) is 0 Å². The van der Waals surface area contributed by atoms with Crippen molar-refractivity contribution in [3.8, 4) is 0 Å². The SMILES string of the molecule is Cc1[nH]c(C=C2C(=O)NN=C2C2CC2)c(C)c1CN1CCCCC1. The highest BCUT2D eigenvalue weighted by molar-refractivity contribution is 6.28. The van der Waals surface area contributed by atoms with Crippen molar-refractivity contribution in [2.75, 3.05) is 13.1 Å². The Morgan fingerprint density at radius 3 is 2.67 bits per heavy atom. The molecule has 3 heterocycles.